The number of rotatable bonds is 3. The quantitative estimate of drug-likeness (QED) is 0.844. The van der Waals surface area contributed by atoms with Crippen LogP contribution >= 0.6 is 0 Å². The molecule has 2 aliphatic heterocycles. The molecule has 0 N–H and O–H groups in total. The molecule has 136 valence electrons. The van der Waals surface area contributed by atoms with Gasteiger partial charge in [-0.2, -0.15) is 0 Å². The Kier molecular flexibility index (Phi) is 5.42. The van der Waals surface area contributed by atoms with Crippen LogP contribution in [0.3, 0.4) is 0 Å². The topological polar surface area (TPSA) is 43.9 Å². The van der Waals surface area contributed by atoms with Gasteiger partial charge in [0.25, 0.3) is 0 Å². The maximum atomic E-state index is 13.3. The highest BCUT2D eigenvalue weighted by molar-refractivity contribution is 5.89. The first kappa shape index (κ1) is 17.9. The molecular formula is C20H29N3O2. The number of fused-ring (bicyclic) bond motifs is 1. The lowest BCUT2D eigenvalue weighted by Gasteiger charge is -2.42. The van der Waals surface area contributed by atoms with Crippen LogP contribution in [0.5, 0.6) is 0 Å². The molecule has 5 nitrogen and oxygen atoms in total. The number of hydrogen-bond acceptors (Lipinski definition) is 3. The summed E-state index contributed by atoms with van der Waals surface area (Å²) >= 11 is 0. The molecule has 1 aromatic carbocycles. The van der Waals surface area contributed by atoms with Gasteiger partial charge in [0.1, 0.15) is 6.04 Å². The standard InChI is InChI=1S/C20H29N3O2/c1-4-18(24)23-10-9-16-7-5-6-8-17(16)19(23)20(25)22-13-11-21(12-14-22)15(2)3/h5-8,15,19H,4,9-14H2,1-3H3/t19-/m0/s1. The first-order chi connectivity index (χ1) is 12.0. The molecular weight excluding hydrogens is 314 g/mol. The van der Waals surface area contributed by atoms with Crippen molar-refractivity contribution in [1.29, 1.82) is 0 Å². The summed E-state index contributed by atoms with van der Waals surface area (Å²) in [6, 6.07) is 8.13. The maximum absolute atomic E-state index is 13.3. The summed E-state index contributed by atoms with van der Waals surface area (Å²) in [4.78, 5) is 31.9. The zero-order chi connectivity index (χ0) is 18.0. The van der Waals surface area contributed by atoms with Gasteiger partial charge in [-0.25, -0.2) is 0 Å². The fourth-order valence-corrected chi connectivity index (χ4v) is 3.94. The van der Waals surface area contributed by atoms with Gasteiger partial charge in [-0.15, -0.1) is 0 Å². The lowest BCUT2D eigenvalue weighted by Crippen LogP contribution is -2.55. The molecule has 3 rings (SSSR count). The predicted molar refractivity (Wildman–Crippen MR) is 98.2 cm³/mol. The molecule has 2 aliphatic rings. The van der Waals surface area contributed by atoms with Crippen molar-refractivity contribution in [2.45, 2.75) is 45.7 Å². The molecule has 5 heteroatoms. The summed E-state index contributed by atoms with van der Waals surface area (Å²) in [5.74, 6) is 0.144. The first-order valence-corrected chi connectivity index (χ1v) is 9.43. The third-order valence-electron chi connectivity index (χ3n) is 5.50. The largest absolute Gasteiger partial charge is 0.338 e. The smallest absolute Gasteiger partial charge is 0.250 e. The van der Waals surface area contributed by atoms with E-state index >= 15 is 0 Å². The van der Waals surface area contributed by atoms with Crippen molar-refractivity contribution in [2.75, 3.05) is 32.7 Å². The number of amides is 2. The van der Waals surface area contributed by atoms with Crippen LogP contribution in [0.1, 0.15) is 44.4 Å². The molecule has 0 aromatic heterocycles. The SMILES string of the molecule is CCC(=O)N1CCc2ccccc2[C@H]1C(=O)N1CCN(C(C)C)CC1. The molecule has 1 aromatic rings. The Hall–Kier alpha value is -1.88. The van der Waals surface area contributed by atoms with Crippen LogP contribution in [0.25, 0.3) is 0 Å². The minimum absolute atomic E-state index is 0.0636. The predicted octanol–water partition coefficient (Wildman–Crippen LogP) is 2.08. The molecule has 25 heavy (non-hydrogen) atoms. The summed E-state index contributed by atoms with van der Waals surface area (Å²) < 4.78 is 0. The molecule has 0 saturated carbocycles. The Labute approximate surface area is 150 Å². The highest BCUT2D eigenvalue weighted by Crippen LogP contribution is 2.32. The third-order valence-corrected chi connectivity index (χ3v) is 5.50. The lowest BCUT2D eigenvalue weighted by atomic mass is 9.91. The molecule has 0 unspecified atom stereocenters. The van der Waals surface area contributed by atoms with Crippen LogP contribution in [0.15, 0.2) is 24.3 Å². The second kappa shape index (κ2) is 7.56. The Bertz CT molecular complexity index is 636. The van der Waals surface area contributed by atoms with Gasteiger partial charge in [-0.1, -0.05) is 31.2 Å². The Morgan fingerprint density at radius 3 is 2.40 bits per heavy atom. The molecule has 0 bridgehead atoms. The molecule has 1 fully saturated rings. The summed E-state index contributed by atoms with van der Waals surface area (Å²) in [6.07, 6.45) is 1.26. The van der Waals surface area contributed by atoms with Crippen molar-refractivity contribution in [3.63, 3.8) is 0 Å². The highest BCUT2D eigenvalue weighted by atomic mass is 16.2. The fourth-order valence-electron chi connectivity index (χ4n) is 3.94. The van der Waals surface area contributed by atoms with Crippen molar-refractivity contribution in [1.82, 2.24) is 14.7 Å². The third kappa shape index (κ3) is 3.56. The van der Waals surface area contributed by atoms with Gasteiger partial charge in [0.05, 0.1) is 0 Å². The Morgan fingerprint density at radius 1 is 1.08 bits per heavy atom. The van der Waals surface area contributed by atoms with Crippen LogP contribution in [-0.2, 0) is 16.0 Å². The number of benzene rings is 1. The van der Waals surface area contributed by atoms with E-state index in [0.717, 1.165) is 38.2 Å². The van der Waals surface area contributed by atoms with Gasteiger partial charge < -0.3 is 9.80 Å². The summed E-state index contributed by atoms with van der Waals surface area (Å²) in [6.45, 7) is 10.2. The molecule has 0 spiro atoms. The van der Waals surface area contributed by atoms with Gasteiger partial charge in [0.15, 0.2) is 0 Å². The second-order valence-corrected chi connectivity index (χ2v) is 7.25. The maximum Gasteiger partial charge on any atom is 0.250 e. The average molecular weight is 343 g/mol. The number of carbonyl (C=O) groups excluding carboxylic acids is 2. The van der Waals surface area contributed by atoms with E-state index in [2.05, 4.69) is 24.8 Å². The van der Waals surface area contributed by atoms with E-state index in [4.69, 9.17) is 0 Å². The van der Waals surface area contributed by atoms with Crippen LogP contribution in [0.2, 0.25) is 0 Å². The average Bonchev–Trinajstić information content (AvgIpc) is 2.66. The van der Waals surface area contributed by atoms with Gasteiger partial charge in [0.2, 0.25) is 11.8 Å². The summed E-state index contributed by atoms with van der Waals surface area (Å²) in [5.41, 5.74) is 2.20. The van der Waals surface area contributed by atoms with Gasteiger partial charge in [-0.05, 0) is 31.4 Å². The van der Waals surface area contributed by atoms with E-state index < -0.39 is 6.04 Å². The van der Waals surface area contributed by atoms with E-state index in [9.17, 15) is 9.59 Å². The van der Waals surface area contributed by atoms with Crippen molar-refractivity contribution in [2.24, 2.45) is 0 Å². The summed E-state index contributed by atoms with van der Waals surface area (Å²) in [7, 11) is 0. The molecule has 1 atom stereocenters. The van der Waals surface area contributed by atoms with Crippen LogP contribution in [0.4, 0.5) is 0 Å². The summed E-state index contributed by atoms with van der Waals surface area (Å²) in [5, 5.41) is 0. The van der Waals surface area contributed by atoms with Crippen molar-refractivity contribution >= 4 is 11.8 Å². The number of hydrogen-bond donors (Lipinski definition) is 0. The van der Waals surface area contributed by atoms with E-state index in [-0.39, 0.29) is 11.8 Å². The van der Waals surface area contributed by atoms with Gasteiger partial charge in [-0.3, -0.25) is 14.5 Å². The van der Waals surface area contributed by atoms with Crippen LogP contribution in [0, 0.1) is 0 Å². The number of carbonyl (C=O) groups is 2. The van der Waals surface area contributed by atoms with E-state index in [0.29, 0.717) is 19.0 Å². The monoisotopic (exact) mass is 343 g/mol. The van der Waals surface area contributed by atoms with Gasteiger partial charge >= 0.3 is 0 Å². The fraction of sp³-hybridized carbons (Fsp3) is 0.600. The molecule has 1 saturated heterocycles. The van der Waals surface area contributed by atoms with E-state index in [1.165, 1.54) is 5.56 Å². The number of piperazine rings is 1. The van der Waals surface area contributed by atoms with E-state index in [1.54, 1.807) is 4.90 Å². The van der Waals surface area contributed by atoms with Crippen molar-refractivity contribution in [3.05, 3.63) is 35.4 Å². The van der Waals surface area contributed by atoms with Crippen LogP contribution in [-0.4, -0.2) is 65.3 Å². The minimum atomic E-state index is -0.456. The Balaban J connectivity index is 1.84. The lowest BCUT2D eigenvalue weighted by molar-refractivity contribution is -0.148. The minimum Gasteiger partial charge on any atom is -0.338 e. The molecule has 2 heterocycles. The van der Waals surface area contributed by atoms with Crippen molar-refractivity contribution in [3.8, 4) is 0 Å². The van der Waals surface area contributed by atoms with Crippen LogP contribution < -0.4 is 0 Å². The number of nitrogens with zero attached hydrogens (tertiary/aromatic N) is 3. The Morgan fingerprint density at radius 2 is 1.76 bits per heavy atom. The molecule has 0 aliphatic carbocycles. The normalized spacial score (nSPS) is 21.4. The van der Waals surface area contributed by atoms with Crippen molar-refractivity contribution < 1.29 is 9.59 Å². The zero-order valence-corrected chi connectivity index (χ0v) is 15.6. The first-order valence-electron chi connectivity index (χ1n) is 9.43. The van der Waals surface area contributed by atoms with E-state index in [1.807, 2.05) is 30.0 Å². The zero-order valence-electron chi connectivity index (χ0n) is 15.6. The second-order valence-electron chi connectivity index (χ2n) is 7.25. The molecule has 0 radical (unpaired) electrons. The molecule has 2 amide bonds. The van der Waals surface area contributed by atoms with Gasteiger partial charge in [0, 0.05) is 45.2 Å². The highest BCUT2D eigenvalue weighted by Gasteiger charge is 2.38.